The third-order valence-corrected chi connectivity index (χ3v) is 3.58. The number of alkyl halides is 1. The summed E-state index contributed by atoms with van der Waals surface area (Å²) in [5, 5.41) is 0.234. The predicted molar refractivity (Wildman–Crippen MR) is 80.3 cm³/mol. The second kappa shape index (κ2) is 5.08. The molecule has 0 saturated carbocycles. The molecule has 102 valence electrons. The second-order valence-electron chi connectivity index (χ2n) is 4.51. The zero-order valence-electron chi connectivity index (χ0n) is 10.6. The lowest BCUT2D eigenvalue weighted by molar-refractivity contribution is 0.626. The highest BCUT2D eigenvalue weighted by Gasteiger charge is 2.17. The van der Waals surface area contributed by atoms with Crippen molar-refractivity contribution in [3.05, 3.63) is 59.1 Å². The maximum Gasteiger partial charge on any atom is 0.132 e. The van der Waals surface area contributed by atoms with Crippen LogP contribution in [0.25, 0.3) is 16.7 Å². The summed E-state index contributed by atoms with van der Waals surface area (Å²) in [4.78, 5) is 4.49. The quantitative estimate of drug-likeness (QED) is 0.601. The Morgan fingerprint density at radius 1 is 1.20 bits per heavy atom. The van der Waals surface area contributed by atoms with Gasteiger partial charge in [0, 0.05) is 0 Å². The van der Waals surface area contributed by atoms with E-state index in [2.05, 4.69) is 4.98 Å². The average Bonchev–Trinajstić information content (AvgIpc) is 2.80. The molecule has 0 spiro atoms. The van der Waals surface area contributed by atoms with E-state index in [9.17, 15) is 4.39 Å². The summed E-state index contributed by atoms with van der Waals surface area (Å²) in [5.74, 6) is 0.333. The average molecular weight is 309 g/mol. The highest BCUT2D eigenvalue weighted by atomic mass is 35.5. The first-order valence-corrected chi connectivity index (χ1v) is 6.96. The summed E-state index contributed by atoms with van der Waals surface area (Å²) in [6.45, 7) is 1.83. The number of imidazole rings is 1. The van der Waals surface area contributed by atoms with Gasteiger partial charge in [-0.2, -0.15) is 0 Å². The summed E-state index contributed by atoms with van der Waals surface area (Å²) >= 11 is 12.4. The molecule has 0 radical (unpaired) electrons. The van der Waals surface area contributed by atoms with Gasteiger partial charge in [0.05, 0.1) is 21.6 Å². The van der Waals surface area contributed by atoms with Crippen molar-refractivity contribution in [2.45, 2.75) is 12.3 Å². The Labute approximate surface area is 125 Å². The topological polar surface area (TPSA) is 17.8 Å². The van der Waals surface area contributed by atoms with Crippen LogP contribution in [0.3, 0.4) is 0 Å². The van der Waals surface area contributed by atoms with E-state index in [4.69, 9.17) is 23.2 Å². The fraction of sp³-hybridized carbons (Fsp3) is 0.133. The van der Waals surface area contributed by atoms with Crippen LogP contribution in [-0.2, 0) is 0 Å². The van der Waals surface area contributed by atoms with Crippen molar-refractivity contribution >= 4 is 34.2 Å². The predicted octanol–water partition coefficient (Wildman–Crippen LogP) is 5.12. The fourth-order valence-corrected chi connectivity index (χ4v) is 2.59. The molecule has 0 bridgehead atoms. The van der Waals surface area contributed by atoms with Gasteiger partial charge in [0.25, 0.3) is 0 Å². The Morgan fingerprint density at radius 2 is 1.95 bits per heavy atom. The van der Waals surface area contributed by atoms with Crippen molar-refractivity contribution in [1.29, 1.82) is 0 Å². The standard InChI is InChI=1S/C15H11Cl2FN2/c1-9(16)15-19-14-12(17)6-3-7-13(14)20(15)11-5-2-4-10(18)8-11/h2-9H,1H3. The first-order valence-electron chi connectivity index (χ1n) is 6.15. The van der Waals surface area contributed by atoms with Gasteiger partial charge in [0.15, 0.2) is 0 Å². The first kappa shape index (κ1) is 13.4. The summed E-state index contributed by atoms with van der Waals surface area (Å²) in [7, 11) is 0. The largest absolute Gasteiger partial charge is 0.295 e. The number of rotatable bonds is 2. The van der Waals surface area contributed by atoms with Gasteiger partial charge < -0.3 is 0 Å². The molecule has 2 aromatic carbocycles. The van der Waals surface area contributed by atoms with E-state index in [0.717, 1.165) is 5.52 Å². The van der Waals surface area contributed by atoms with Crippen LogP contribution in [-0.4, -0.2) is 9.55 Å². The molecule has 5 heteroatoms. The zero-order chi connectivity index (χ0) is 14.3. The summed E-state index contributed by atoms with van der Waals surface area (Å²) in [6, 6.07) is 11.8. The highest BCUT2D eigenvalue weighted by Crippen LogP contribution is 2.31. The number of hydrogen-bond acceptors (Lipinski definition) is 1. The summed E-state index contributed by atoms with van der Waals surface area (Å²) < 4.78 is 15.3. The molecule has 0 aliphatic rings. The molecule has 0 N–H and O–H groups in total. The Kier molecular flexibility index (Phi) is 3.40. The second-order valence-corrected chi connectivity index (χ2v) is 5.57. The molecule has 1 atom stereocenters. The van der Waals surface area contributed by atoms with Crippen molar-refractivity contribution in [3.8, 4) is 5.69 Å². The zero-order valence-corrected chi connectivity index (χ0v) is 12.2. The number of benzene rings is 2. The highest BCUT2D eigenvalue weighted by molar-refractivity contribution is 6.35. The van der Waals surface area contributed by atoms with Crippen molar-refractivity contribution in [1.82, 2.24) is 9.55 Å². The first-order chi connectivity index (χ1) is 9.58. The minimum atomic E-state index is -0.318. The van der Waals surface area contributed by atoms with E-state index >= 15 is 0 Å². The molecule has 3 aromatic rings. The van der Waals surface area contributed by atoms with E-state index < -0.39 is 0 Å². The molecular formula is C15H11Cl2FN2. The molecule has 0 saturated heterocycles. The van der Waals surface area contributed by atoms with Crippen LogP contribution in [0.4, 0.5) is 4.39 Å². The number of fused-ring (bicyclic) bond motifs is 1. The van der Waals surface area contributed by atoms with Gasteiger partial charge >= 0.3 is 0 Å². The van der Waals surface area contributed by atoms with Crippen molar-refractivity contribution in [2.75, 3.05) is 0 Å². The van der Waals surface area contributed by atoms with E-state index in [-0.39, 0.29) is 11.2 Å². The lowest BCUT2D eigenvalue weighted by Crippen LogP contribution is -2.02. The fourth-order valence-electron chi connectivity index (χ4n) is 2.24. The van der Waals surface area contributed by atoms with Crippen molar-refractivity contribution < 1.29 is 4.39 Å². The van der Waals surface area contributed by atoms with Crippen LogP contribution in [0.1, 0.15) is 18.1 Å². The van der Waals surface area contributed by atoms with Crippen molar-refractivity contribution in [3.63, 3.8) is 0 Å². The summed E-state index contributed by atoms with van der Waals surface area (Å²) in [5.41, 5.74) is 2.16. The van der Waals surface area contributed by atoms with Gasteiger partial charge in [-0.3, -0.25) is 4.57 Å². The van der Waals surface area contributed by atoms with E-state index in [1.165, 1.54) is 12.1 Å². The molecule has 1 heterocycles. The van der Waals surface area contributed by atoms with E-state index in [0.29, 0.717) is 22.1 Å². The molecular weight excluding hydrogens is 298 g/mol. The molecule has 20 heavy (non-hydrogen) atoms. The van der Waals surface area contributed by atoms with Gasteiger partial charge in [-0.05, 0) is 37.3 Å². The minimum absolute atomic E-state index is 0.306. The molecule has 0 fully saturated rings. The van der Waals surface area contributed by atoms with Gasteiger partial charge in [0.1, 0.15) is 17.2 Å². The number of nitrogens with zero attached hydrogens (tertiary/aromatic N) is 2. The molecule has 1 unspecified atom stereocenters. The molecule has 3 rings (SSSR count). The SMILES string of the molecule is CC(Cl)c1nc2c(Cl)cccc2n1-c1cccc(F)c1. The van der Waals surface area contributed by atoms with Crippen LogP contribution in [0.15, 0.2) is 42.5 Å². The lowest BCUT2D eigenvalue weighted by Gasteiger charge is -2.10. The number of para-hydroxylation sites is 1. The molecule has 2 nitrogen and oxygen atoms in total. The van der Waals surface area contributed by atoms with Crippen LogP contribution in [0, 0.1) is 5.82 Å². The normalized spacial score (nSPS) is 12.8. The third-order valence-electron chi connectivity index (χ3n) is 3.08. The Balaban J connectivity index is 2.38. The van der Waals surface area contributed by atoms with E-state index in [1.807, 2.05) is 29.7 Å². The number of hydrogen-bond donors (Lipinski definition) is 0. The maximum absolute atomic E-state index is 13.5. The monoisotopic (exact) mass is 308 g/mol. The Morgan fingerprint density at radius 3 is 2.65 bits per heavy atom. The molecule has 0 aliphatic carbocycles. The molecule has 0 amide bonds. The van der Waals surface area contributed by atoms with Crippen molar-refractivity contribution in [2.24, 2.45) is 0 Å². The molecule has 1 aromatic heterocycles. The van der Waals surface area contributed by atoms with Gasteiger partial charge in [0.2, 0.25) is 0 Å². The Hall–Kier alpha value is -1.58. The van der Waals surface area contributed by atoms with Crippen LogP contribution < -0.4 is 0 Å². The Bertz CT molecular complexity index is 781. The smallest absolute Gasteiger partial charge is 0.132 e. The van der Waals surface area contributed by atoms with Gasteiger partial charge in [-0.1, -0.05) is 23.7 Å². The van der Waals surface area contributed by atoms with Gasteiger partial charge in [-0.25, -0.2) is 9.37 Å². The maximum atomic E-state index is 13.5. The van der Waals surface area contributed by atoms with Crippen LogP contribution in [0.2, 0.25) is 5.02 Å². The third kappa shape index (κ3) is 2.17. The van der Waals surface area contributed by atoms with Gasteiger partial charge in [-0.15, -0.1) is 11.6 Å². The van der Waals surface area contributed by atoms with E-state index in [1.54, 1.807) is 12.1 Å². The van der Waals surface area contributed by atoms with Crippen LogP contribution >= 0.6 is 23.2 Å². The van der Waals surface area contributed by atoms with Crippen LogP contribution in [0.5, 0.6) is 0 Å². The lowest BCUT2D eigenvalue weighted by atomic mass is 10.2. The number of halogens is 3. The number of aromatic nitrogens is 2. The summed E-state index contributed by atoms with van der Waals surface area (Å²) in [6.07, 6.45) is 0. The minimum Gasteiger partial charge on any atom is -0.295 e. The molecule has 0 aliphatic heterocycles.